The van der Waals surface area contributed by atoms with Gasteiger partial charge in [-0.25, -0.2) is 9.18 Å². The zero-order valence-corrected chi connectivity index (χ0v) is 9.72. The molecule has 0 amide bonds. The van der Waals surface area contributed by atoms with E-state index < -0.39 is 5.82 Å². The zero-order chi connectivity index (χ0) is 13.4. The molecule has 2 aromatic carbocycles. The molecule has 0 unspecified atom stereocenters. The normalized spacial score (nSPS) is 10.5. The number of nitrogens with one attached hydrogen (secondary N) is 1. The van der Waals surface area contributed by atoms with Gasteiger partial charge in [-0.1, -0.05) is 12.1 Å². The molecule has 0 fully saturated rings. The lowest BCUT2D eigenvalue weighted by Crippen LogP contribution is -2.14. The van der Waals surface area contributed by atoms with Crippen molar-refractivity contribution in [1.29, 1.82) is 5.26 Å². The summed E-state index contributed by atoms with van der Waals surface area (Å²) in [6, 6.07) is 13.0. The number of nitrogens with zero attached hydrogens (tertiary/aromatic N) is 2. The number of aromatic nitrogens is 2. The van der Waals surface area contributed by atoms with Crippen LogP contribution in [0.3, 0.4) is 0 Å². The van der Waals surface area contributed by atoms with Crippen LogP contribution in [0.5, 0.6) is 0 Å². The molecule has 0 aliphatic rings. The van der Waals surface area contributed by atoms with Crippen LogP contribution < -0.4 is 5.69 Å². The van der Waals surface area contributed by atoms with Crippen molar-refractivity contribution in [2.24, 2.45) is 0 Å². The van der Waals surface area contributed by atoms with E-state index in [0.717, 1.165) is 0 Å². The second-order valence-corrected chi connectivity index (χ2v) is 4.06. The molecule has 3 rings (SSSR count). The summed E-state index contributed by atoms with van der Waals surface area (Å²) < 4.78 is 14.7. The van der Waals surface area contributed by atoms with Gasteiger partial charge in [0.1, 0.15) is 11.9 Å². The Kier molecular flexibility index (Phi) is 2.43. The number of hydrogen-bond acceptors (Lipinski definition) is 2. The summed E-state index contributed by atoms with van der Waals surface area (Å²) in [4.78, 5) is 14.7. The fourth-order valence-electron chi connectivity index (χ4n) is 2.05. The second kappa shape index (κ2) is 4.10. The monoisotopic (exact) mass is 253 g/mol. The van der Waals surface area contributed by atoms with Crippen LogP contribution in [0, 0.1) is 17.1 Å². The molecule has 1 N–H and O–H groups in total. The molecule has 0 aliphatic heterocycles. The Bertz CT molecular complexity index is 870. The third-order valence-electron chi connectivity index (χ3n) is 2.92. The molecular formula is C14H8FN3O. The minimum Gasteiger partial charge on any atom is -0.305 e. The minimum atomic E-state index is -0.598. The SMILES string of the molecule is N#Cc1cc(-n2c(=O)[nH]c3ccccc32)ccc1F. The fourth-order valence-corrected chi connectivity index (χ4v) is 2.05. The van der Waals surface area contributed by atoms with E-state index in [2.05, 4.69) is 4.98 Å². The summed E-state index contributed by atoms with van der Waals surface area (Å²) in [6.45, 7) is 0. The van der Waals surface area contributed by atoms with Crippen LogP contribution in [0.15, 0.2) is 47.3 Å². The highest BCUT2D eigenvalue weighted by Crippen LogP contribution is 2.17. The molecule has 0 spiro atoms. The van der Waals surface area contributed by atoms with Gasteiger partial charge in [0.25, 0.3) is 0 Å². The van der Waals surface area contributed by atoms with E-state index in [9.17, 15) is 9.18 Å². The largest absolute Gasteiger partial charge is 0.331 e. The third-order valence-corrected chi connectivity index (χ3v) is 2.92. The Labute approximate surface area is 107 Å². The molecule has 0 aliphatic carbocycles. The van der Waals surface area contributed by atoms with Gasteiger partial charge in [-0.05, 0) is 30.3 Å². The quantitative estimate of drug-likeness (QED) is 0.723. The van der Waals surface area contributed by atoms with Gasteiger partial charge in [0.2, 0.25) is 0 Å². The number of para-hydroxylation sites is 2. The maximum atomic E-state index is 13.3. The van der Waals surface area contributed by atoms with Crippen molar-refractivity contribution < 1.29 is 4.39 Å². The van der Waals surface area contributed by atoms with E-state index in [0.29, 0.717) is 16.7 Å². The maximum absolute atomic E-state index is 13.3. The van der Waals surface area contributed by atoms with Crippen molar-refractivity contribution in [3.63, 3.8) is 0 Å². The van der Waals surface area contributed by atoms with Gasteiger partial charge in [-0.15, -0.1) is 0 Å². The van der Waals surface area contributed by atoms with Gasteiger partial charge in [0.05, 0.1) is 22.3 Å². The molecule has 4 nitrogen and oxygen atoms in total. The van der Waals surface area contributed by atoms with Crippen LogP contribution in [0.4, 0.5) is 4.39 Å². The topological polar surface area (TPSA) is 61.6 Å². The van der Waals surface area contributed by atoms with Gasteiger partial charge in [-0.3, -0.25) is 4.57 Å². The van der Waals surface area contributed by atoms with Gasteiger partial charge in [0, 0.05) is 0 Å². The average molecular weight is 253 g/mol. The number of nitriles is 1. The maximum Gasteiger partial charge on any atom is 0.331 e. The van der Waals surface area contributed by atoms with Gasteiger partial charge in [0.15, 0.2) is 0 Å². The third kappa shape index (κ3) is 1.70. The van der Waals surface area contributed by atoms with Crippen molar-refractivity contribution >= 4 is 11.0 Å². The number of halogens is 1. The number of hydrogen-bond donors (Lipinski definition) is 1. The van der Waals surface area contributed by atoms with Gasteiger partial charge >= 0.3 is 5.69 Å². The number of rotatable bonds is 1. The summed E-state index contributed by atoms with van der Waals surface area (Å²) in [6.07, 6.45) is 0. The van der Waals surface area contributed by atoms with E-state index >= 15 is 0 Å². The molecule has 1 aromatic heterocycles. The number of fused-ring (bicyclic) bond motifs is 1. The van der Waals surface area contributed by atoms with Gasteiger partial charge in [-0.2, -0.15) is 5.26 Å². The van der Waals surface area contributed by atoms with Crippen molar-refractivity contribution in [2.75, 3.05) is 0 Å². The van der Waals surface area contributed by atoms with E-state index in [4.69, 9.17) is 5.26 Å². The van der Waals surface area contributed by atoms with E-state index in [1.807, 2.05) is 6.07 Å². The molecule has 19 heavy (non-hydrogen) atoms. The molecule has 3 aromatic rings. The number of H-pyrrole nitrogens is 1. The highest BCUT2D eigenvalue weighted by atomic mass is 19.1. The molecule has 5 heteroatoms. The van der Waals surface area contributed by atoms with Crippen molar-refractivity contribution in [2.45, 2.75) is 0 Å². The Hall–Kier alpha value is -2.87. The second-order valence-electron chi connectivity index (χ2n) is 4.06. The number of benzene rings is 2. The molecule has 1 heterocycles. The Morgan fingerprint density at radius 2 is 2.00 bits per heavy atom. The lowest BCUT2D eigenvalue weighted by atomic mass is 10.2. The Morgan fingerprint density at radius 3 is 2.79 bits per heavy atom. The first kappa shape index (κ1) is 11.2. The van der Waals surface area contributed by atoms with E-state index in [1.54, 1.807) is 24.3 Å². The Morgan fingerprint density at radius 1 is 1.21 bits per heavy atom. The highest BCUT2D eigenvalue weighted by molar-refractivity contribution is 5.77. The first-order valence-corrected chi connectivity index (χ1v) is 5.60. The van der Waals surface area contributed by atoms with Crippen molar-refractivity contribution in [3.05, 3.63) is 64.3 Å². The molecule has 92 valence electrons. The molecule has 0 saturated heterocycles. The summed E-state index contributed by atoms with van der Waals surface area (Å²) in [5.74, 6) is -0.598. The van der Waals surface area contributed by atoms with Crippen LogP contribution in [-0.4, -0.2) is 9.55 Å². The fraction of sp³-hybridized carbons (Fsp3) is 0. The first-order valence-electron chi connectivity index (χ1n) is 5.60. The lowest BCUT2D eigenvalue weighted by molar-refractivity contribution is 0.623. The predicted molar refractivity (Wildman–Crippen MR) is 68.6 cm³/mol. The number of imidazole rings is 1. The molecule has 0 bridgehead atoms. The highest BCUT2D eigenvalue weighted by Gasteiger charge is 2.10. The van der Waals surface area contributed by atoms with Gasteiger partial charge < -0.3 is 4.98 Å². The standard InChI is InChI=1S/C14H8FN3O/c15-11-6-5-10(7-9(11)8-16)18-13-4-2-1-3-12(13)17-14(18)19/h1-7H,(H,17,19). The van der Waals surface area contributed by atoms with Crippen LogP contribution in [-0.2, 0) is 0 Å². The number of aromatic amines is 1. The molecular weight excluding hydrogens is 245 g/mol. The minimum absolute atomic E-state index is 0.0883. The van der Waals surface area contributed by atoms with Crippen LogP contribution >= 0.6 is 0 Å². The van der Waals surface area contributed by atoms with Crippen LogP contribution in [0.2, 0.25) is 0 Å². The Balaban J connectivity index is 2.34. The average Bonchev–Trinajstić information content (AvgIpc) is 2.75. The lowest BCUT2D eigenvalue weighted by Gasteiger charge is -2.04. The summed E-state index contributed by atoms with van der Waals surface area (Å²) in [5.41, 5.74) is 1.42. The van der Waals surface area contributed by atoms with E-state index in [-0.39, 0.29) is 11.3 Å². The summed E-state index contributed by atoms with van der Waals surface area (Å²) in [7, 11) is 0. The van der Waals surface area contributed by atoms with Crippen molar-refractivity contribution in [1.82, 2.24) is 9.55 Å². The van der Waals surface area contributed by atoms with Crippen LogP contribution in [0.25, 0.3) is 16.7 Å². The molecule has 0 radical (unpaired) electrons. The first-order chi connectivity index (χ1) is 9.20. The predicted octanol–water partition coefficient (Wildman–Crippen LogP) is 2.33. The summed E-state index contributed by atoms with van der Waals surface area (Å²) in [5, 5.41) is 8.84. The molecule has 0 saturated carbocycles. The smallest absolute Gasteiger partial charge is 0.305 e. The molecule has 0 atom stereocenters. The zero-order valence-electron chi connectivity index (χ0n) is 9.72. The summed E-state index contributed by atoms with van der Waals surface area (Å²) >= 11 is 0. The van der Waals surface area contributed by atoms with Crippen molar-refractivity contribution in [3.8, 4) is 11.8 Å². The van der Waals surface area contributed by atoms with Crippen LogP contribution in [0.1, 0.15) is 5.56 Å². The van der Waals surface area contributed by atoms with E-state index in [1.165, 1.54) is 22.8 Å².